The van der Waals surface area contributed by atoms with Crippen molar-refractivity contribution >= 4 is 11.8 Å². The molecule has 1 aliphatic rings. The molecule has 0 spiro atoms. The van der Waals surface area contributed by atoms with Crippen LogP contribution in [0.1, 0.15) is 12.8 Å². The maximum atomic E-state index is 12.9. The SMILES string of the molecule is CN1CCCC(N(C(=O)O)c2ccc(F)cc2)C1. The van der Waals surface area contributed by atoms with Gasteiger partial charge in [0.1, 0.15) is 5.82 Å². The van der Waals surface area contributed by atoms with Crippen molar-refractivity contribution < 1.29 is 14.3 Å². The molecule has 1 N–H and O–H groups in total. The number of halogens is 1. The van der Waals surface area contributed by atoms with Crippen LogP contribution < -0.4 is 4.90 Å². The van der Waals surface area contributed by atoms with Gasteiger partial charge >= 0.3 is 6.09 Å². The van der Waals surface area contributed by atoms with Gasteiger partial charge in [0.25, 0.3) is 0 Å². The zero-order chi connectivity index (χ0) is 13.1. The van der Waals surface area contributed by atoms with Gasteiger partial charge in [-0.15, -0.1) is 0 Å². The van der Waals surface area contributed by atoms with Crippen LogP contribution in [0.4, 0.5) is 14.9 Å². The molecule has 1 aliphatic heterocycles. The van der Waals surface area contributed by atoms with E-state index in [-0.39, 0.29) is 11.9 Å². The first-order valence-corrected chi connectivity index (χ1v) is 6.04. The third kappa shape index (κ3) is 2.79. The van der Waals surface area contributed by atoms with Crippen LogP contribution >= 0.6 is 0 Å². The first-order chi connectivity index (χ1) is 8.58. The van der Waals surface area contributed by atoms with E-state index in [1.165, 1.54) is 29.2 Å². The van der Waals surface area contributed by atoms with Crippen LogP contribution in [0.2, 0.25) is 0 Å². The van der Waals surface area contributed by atoms with Crippen LogP contribution in [0.15, 0.2) is 24.3 Å². The first-order valence-electron chi connectivity index (χ1n) is 6.04. The topological polar surface area (TPSA) is 43.8 Å². The highest BCUT2D eigenvalue weighted by Gasteiger charge is 2.28. The Balaban J connectivity index is 2.22. The van der Waals surface area contributed by atoms with E-state index < -0.39 is 6.09 Å². The molecule has 98 valence electrons. The molecule has 1 saturated heterocycles. The number of nitrogens with zero attached hydrogens (tertiary/aromatic N) is 2. The van der Waals surface area contributed by atoms with Gasteiger partial charge < -0.3 is 10.0 Å². The molecule has 1 atom stereocenters. The summed E-state index contributed by atoms with van der Waals surface area (Å²) in [6, 6.07) is 5.54. The van der Waals surface area contributed by atoms with Gasteiger partial charge in [0.15, 0.2) is 0 Å². The molecule has 5 heteroatoms. The molecule has 1 aromatic rings. The summed E-state index contributed by atoms with van der Waals surface area (Å²) in [6.45, 7) is 1.71. The van der Waals surface area contributed by atoms with Crippen molar-refractivity contribution in [3.05, 3.63) is 30.1 Å². The smallest absolute Gasteiger partial charge is 0.412 e. The van der Waals surface area contributed by atoms with Crippen molar-refractivity contribution in [1.29, 1.82) is 0 Å². The van der Waals surface area contributed by atoms with Crippen molar-refractivity contribution in [2.24, 2.45) is 0 Å². The summed E-state index contributed by atoms with van der Waals surface area (Å²) in [4.78, 5) is 14.9. The fourth-order valence-corrected chi connectivity index (χ4v) is 2.43. The Labute approximate surface area is 106 Å². The van der Waals surface area contributed by atoms with E-state index in [4.69, 9.17) is 0 Å². The number of hydrogen-bond acceptors (Lipinski definition) is 2. The van der Waals surface area contributed by atoms with Gasteiger partial charge in [-0.2, -0.15) is 0 Å². The lowest BCUT2D eigenvalue weighted by atomic mass is 10.0. The molecule has 0 aliphatic carbocycles. The summed E-state index contributed by atoms with van der Waals surface area (Å²) in [6.07, 6.45) is 0.835. The van der Waals surface area contributed by atoms with Crippen LogP contribution in [0.25, 0.3) is 0 Å². The quantitative estimate of drug-likeness (QED) is 0.879. The van der Waals surface area contributed by atoms with Gasteiger partial charge in [0.05, 0.1) is 6.04 Å². The monoisotopic (exact) mass is 252 g/mol. The number of carbonyl (C=O) groups is 1. The average Bonchev–Trinajstić information content (AvgIpc) is 2.32. The first kappa shape index (κ1) is 12.8. The standard InChI is InChI=1S/C13H17FN2O2/c1-15-8-2-3-12(9-15)16(13(17)18)11-6-4-10(14)5-7-11/h4-7,12H,2-3,8-9H2,1H3,(H,17,18). The molecule has 0 radical (unpaired) electrons. The van der Waals surface area contributed by atoms with Gasteiger partial charge in [-0.05, 0) is 50.7 Å². The van der Waals surface area contributed by atoms with Crippen molar-refractivity contribution in [2.75, 3.05) is 25.0 Å². The minimum absolute atomic E-state index is 0.0632. The Morgan fingerprint density at radius 3 is 2.67 bits per heavy atom. The molecule has 2 rings (SSSR count). The average molecular weight is 252 g/mol. The van der Waals surface area contributed by atoms with Crippen molar-refractivity contribution in [1.82, 2.24) is 4.90 Å². The van der Waals surface area contributed by atoms with Crippen LogP contribution in [0, 0.1) is 5.82 Å². The van der Waals surface area contributed by atoms with Crippen LogP contribution in [-0.4, -0.2) is 42.3 Å². The van der Waals surface area contributed by atoms with E-state index in [0.717, 1.165) is 19.4 Å². The minimum Gasteiger partial charge on any atom is -0.465 e. The van der Waals surface area contributed by atoms with Gasteiger partial charge in [-0.25, -0.2) is 9.18 Å². The molecule has 0 saturated carbocycles. The Morgan fingerprint density at radius 1 is 1.44 bits per heavy atom. The molecule has 18 heavy (non-hydrogen) atoms. The van der Waals surface area contributed by atoms with E-state index in [1.807, 2.05) is 7.05 Å². The van der Waals surface area contributed by atoms with Gasteiger partial charge in [0.2, 0.25) is 0 Å². The number of likely N-dealkylation sites (tertiary alicyclic amines) is 1. The highest BCUT2D eigenvalue weighted by molar-refractivity contribution is 5.86. The van der Waals surface area contributed by atoms with Gasteiger partial charge in [-0.3, -0.25) is 4.90 Å². The number of rotatable bonds is 2. The highest BCUT2D eigenvalue weighted by Crippen LogP contribution is 2.23. The molecule has 0 aromatic heterocycles. The molecule has 1 heterocycles. The van der Waals surface area contributed by atoms with Crippen LogP contribution in [0.5, 0.6) is 0 Å². The zero-order valence-electron chi connectivity index (χ0n) is 10.3. The number of amides is 1. The molecular formula is C13H17FN2O2. The summed E-state index contributed by atoms with van der Waals surface area (Å²) >= 11 is 0. The summed E-state index contributed by atoms with van der Waals surface area (Å²) in [5.74, 6) is -0.357. The van der Waals surface area contributed by atoms with E-state index in [2.05, 4.69) is 4.90 Å². The zero-order valence-corrected chi connectivity index (χ0v) is 10.3. The van der Waals surface area contributed by atoms with E-state index in [9.17, 15) is 14.3 Å². The van der Waals surface area contributed by atoms with Crippen molar-refractivity contribution in [3.8, 4) is 0 Å². The number of likely N-dealkylation sites (N-methyl/N-ethyl adjacent to an activating group) is 1. The lowest BCUT2D eigenvalue weighted by Crippen LogP contribution is -2.49. The Hall–Kier alpha value is -1.62. The van der Waals surface area contributed by atoms with Gasteiger partial charge in [-0.1, -0.05) is 0 Å². The fraction of sp³-hybridized carbons (Fsp3) is 0.462. The molecular weight excluding hydrogens is 235 g/mol. The summed E-state index contributed by atoms with van der Waals surface area (Å²) in [7, 11) is 1.98. The molecule has 1 unspecified atom stereocenters. The van der Waals surface area contributed by atoms with Crippen LogP contribution in [-0.2, 0) is 0 Å². The van der Waals surface area contributed by atoms with E-state index in [1.54, 1.807) is 0 Å². The third-order valence-corrected chi connectivity index (χ3v) is 3.28. The maximum Gasteiger partial charge on any atom is 0.412 e. The minimum atomic E-state index is -0.984. The maximum absolute atomic E-state index is 12.9. The number of piperidine rings is 1. The molecule has 1 fully saturated rings. The second kappa shape index (κ2) is 5.35. The number of carboxylic acid groups (broad SMARTS) is 1. The Bertz CT molecular complexity index is 422. The van der Waals surface area contributed by atoms with E-state index in [0.29, 0.717) is 12.2 Å². The van der Waals surface area contributed by atoms with E-state index >= 15 is 0 Å². The predicted molar refractivity (Wildman–Crippen MR) is 67.4 cm³/mol. The lowest BCUT2D eigenvalue weighted by Gasteiger charge is -2.36. The summed E-state index contributed by atoms with van der Waals surface area (Å²) < 4.78 is 12.9. The summed E-state index contributed by atoms with van der Waals surface area (Å²) in [5, 5.41) is 9.35. The number of anilines is 1. The van der Waals surface area contributed by atoms with Crippen molar-refractivity contribution in [2.45, 2.75) is 18.9 Å². The fourth-order valence-electron chi connectivity index (χ4n) is 2.43. The highest BCUT2D eigenvalue weighted by atomic mass is 19.1. The molecule has 4 nitrogen and oxygen atoms in total. The van der Waals surface area contributed by atoms with Gasteiger partial charge in [0, 0.05) is 12.2 Å². The molecule has 1 aromatic carbocycles. The Kier molecular flexibility index (Phi) is 3.81. The second-order valence-corrected chi connectivity index (χ2v) is 4.69. The molecule has 1 amide bonds. The third-order valence-electron chi connectivity index (χ3n) is 3.28. The lowest BCUT2D eigenvalue weighted by molar-refractivity contribution is 0.188. The normalized spacial score (nSPS) is 20.7. The van der Waals surface area contributed by atoms with Crippen LogP contribution in [0.3, 0.4) is 0 Å². The Morgan fingerprint density at radius 2 is 2.11 bits per heavy atom. The number of benzene rings is 1. The summed E-state index contributed by atoms with van der Waals surface area (Å²) in [5.41, 5.74) is 0.532. The number of hydrogen-bond donors (Lipinski definition) is 1. The van der Waals surface area contributed by atoms with Crippen molar-refractivity contribution in [3.63, 3.8) is 0 Å². The second-order valence-electron chi connectivity index (χ2n) is 4.69. The molecule has 0 bridgehead atoms. The predicted octanol–water partition coefficient (Wildman–Crippen LogP) is 2.40. The largest absolute Gasteiger partial charge is 0.465 e.